The van der Waals surface area contributed by atoms with Crippen LogP contribution in [-0.4, -0.2) is 47.9 Å². The van der Waals surface area contributed by atoms with E-state index in [0.29, 0.717) is 45.0 Å². The number of hydrogen-bond donors (Lipinski definition) is 0. The standard InChI is InChI=1S/C29H34N2O4/c1-3-34-20-10-19-30(28(32)18-16-25-11-6-4-7-12-25)23-29(33)31(21-26-13-8-5-9-14-26)22-27-17-15-24(2)35-27/h4-9,11-18H,3,10,19-23H2,1-2H3. The molecule has 0 atom stereocenters. The first-order valence-corrected chi connectivity index (χ1v) is 12.0. The zero-order chi connectivity index (χ0) is 24.9. The van der Waals surface area contributed by atoms with Crippen LogP contribution in [0.1, 0.15) is 36.0 Å². The van der Waals surface area contributed by atoms with Gasteiger partial charge < -0.3 is 19.0 Å². The maximum atomic E-state index is 13.5. The molecule has 0 N–H and O–H groups in total. The molecule has 0 bridgehead atoms. The molecule has 0 saturated heterocycles. The highest BCUT2D eigenvalue weighted by Gasteiger charge is 2.21. The highest BCUT2D eigenvalue weighted by molar-refractivity contribution is 5.94. The van der Waals surface area contributed by atoms with E-state index in [1.165, 1.54) is 6.08 Å². The lowest BCUT2D eigenvalue weighted by molar-refractivity contribution is -0.139. The first-order valence-electron chi connectivity index (χ1n) is 12.0. The van der Waals surface area contributed by atoms with E-state index in [1.807, 2.05) is 86.6 Å². The van der Waals surface area contributed by atoms with Gasteiger partial charge in [0.15, 0.2) is 0 Å². The van der Waals surface area contributed by atoms with E-state index in [2.05, 4.69) is 0 Å². The zero-order valence-corrected chi connectivity index (χ0v) is 20.6. The molecule has 0 aliphatic heterocycles. The van der Waals surface area contributed by atoms with Gasteiger partial charge in [-0.05, 0) is 49.6 Å². The molecule has 0 aliphatic rings. The van der Waals surface area contributed by atoms with Crippen LogP contribution in [-0.2, 0) is 27.4 Å². The SMILES string of the molecule is CCOCCCN(CC(=O)N(Cc1ccccc1)Cc1ccc(C)o1)C(=O)C=Cc1ccccc1. The second-order valence-electron chi connectivity index (χ2n) is 8.30. The molecule has 3 aromatic rings. The lowest BCUT2D eigenvalue weighted by Crippen LogP contribution is -2.42. The number of nitrogens with zero attached hydrogens (tertiary/aromatic N) is 2. The Kier molecular flexibility index (Phi) is 10.3. The van der Waals surface area contributed by atoms with Crippen LogP contribution in [0.15, 0.2) is 83.3 Å². The van der Waals surface area contributed by atoms with Crippen LogP contribution < -0.4 is 0 Å². The summed E-state index contributed by atoms with van der Waals surface area (Å²) in [5.74, 6) is 1.17. The third-order valence-corrected chi connectivity index (χ3v) is 5.49. The van der Waals surface area contributed by atoms with E-state index in [0.717, 1.165) is 16.9 Å². The van der Waals surface area contributed by atoms with E-state index in [-0.39, 0.29) is 18.4 Å². The largest absolute Gasteiger partial charge is 0.464 e. The van der Waals surface area contributed by atoms with Crippen LogP contribution in [0.5, 0.6) is 0 Å². The van der Waals surface area contributed by atoms with Gasteiger partial charge in [-0.3, -0.25) is 9.59 Å². The summed E-state index contributed by atoms with van der Waals surface area (Å²) in [6, 6.07) is 23.2. The summed E-state index contributed by atoms with van der Waals surface area (Å²) in [5, 5.41) is 0. The van der Waals surface area contributed by atoms with Crippen molar-refractivity contribution in [2.45, 2.75) is 33.4 Å². The van der Waals surface area contributed by atoms with Crippen LogP contribution in [0.3, 0.4) is 0 Å². The topological polar surface area (TPSA) is 63.0 Å². The summed E-state index contributed by atoms with van der Waals surface area (Å²) in [7, 11) is 0. The maximum Gasteiger partial charge on any atom is 0.247 e. The van der Waals surface area contributed by atoms with E-state index in [1.54, 1.807) is 15.9 Å². The second kappa shape index (κ2) is 13.9. The molecule has 6 nitrogen and oxygen atoms in total. The Balaban J connectivity index is 1.74. The van der Waals surface area contributed by atoms with Gasteiger partial charge in [0.2, 0.25) is 11.8 Å². The quantitative estimate of drug-likeness (QED) is 0.256. The van der Waals surface area contributed by atoms with Crippen LogP contribution in [0, 0.1) is 6.92 Å². The van der Waals surface area contributed by atoms with Crippen LogP contribution in [0.25, 0.3) is 6.08 Å². The number of ether oxygens (including phenoxy) is 1. The van der Waals surface area contributed by atoms with E-state index in [9.17, 15) is 9.59 Å². The summed E-state index contributed by atoms with van der Waals surface area (Å²) in [6.45, 7) is 6.16. The van der Waals surface area contributed by atoms with Crippen molar-refractivity contribution in [1.29, 1.82) is 0 Å². The molecular weight excluding hydrogens is 440 g/mol. The van der Waals surface area contributed by atoms with Gasteiger partial charge in [0.1, 0.15) is 18.1 Å². The van der Waals surface area contributed by atoms with Crippen molar-refractivity contribution in [2.75, 3.05) is 26.3 Å². The Bertz CT molecular complexity index is 1080. The minimum Gasteiger partial charge on any atom is -0.464 e. The third kappa shape index (κ3) is 8.91. The van der Waals surface area contributed by atoms with Crippen molar-refractivity contribution in [3.05, 3.63) is 102 Å². The Morgan fingerprint density at radius 3 is 2.29 bits per heavy atom. The molecule has 3 rings (SSSR count). The summed E-state index contributed by atoms with van der Waals surface area (Å²) in [5.41, 5.74) is 1.95. The Morgan fingerprint density at radius 1 is 0.914 bits per heavy atom. The predicted molar refractivity (Wildman–Crippen MR) is 137 cm³/mol. The lowest BCUT2D eigenvalue weighted by Gasteiger charge is -2.27. The van der Waals surface area contributed by atoms with E-state index in [4.69, 9.17) is 9.15 Å². The van der Waals surface area contributed by atoms with Crippen LogP contribution in [0.2, 0.25) is 0 Å². The fourth-order valence-electron chi connectivity index (χ4n) is 3.66. The number of hydrogen-bond acceptors (Lipinski definition) is 4. The first kappa shape index (κ1) is 26.0. The molecule has 0 saturated carbocycles. The molecule has 35 heavy (non-hydrogen) atoms. The number of benzene rings is 2. The Hall–Kier alpha value is -3.64. The molecule has 0 fully saturated rings. The van der Waals surface area contributed by atoms with Crippen molar-refractivity contribution >= 4 is 17.9 Å². The van der Waals surface area contributed by atoms with Crippen molar-refractivity contribution in [3.8, 4) is 0 Å². The number of aryl methyl sites for hydroxylation is 1. The molecule has 1 heterocycles. The number of amides is 2. The van der Waals surface area contributed by atoms with Gasteiger partial charge in [-0.1, -0.05) is 60.7 Å². The molecule has 0 radical (unpaired) electrons. The number of carbonyl (C=O) groups is 2. The van der Waals surface area contributed by atoms with Gasteiger partial charge in [-0.25, -0.2) is 0 Å². The van der Waals surface area contributed by atoms with Crippen molar-refractivity contribution in [2.24, 2.45) is 0 Å². The fourth-order valence-corrected chi connectivity index (χ4v) is 3.66. The van der Waals surface area contributed by atoms with Gasteiger partial charge in [-0.15, -0.1) is 0 Å². The number of furan rings is 1. The first-order chi connectivity index (χ1) is 17.0. The minimum atomic E-state index is -0.202. The molecule has 2 amide bonds. The van der Waals surface area contributed by atoms with E-state index >= 15 is 0 Å². The van der Waals surface area contributed by atoms with Crippen LogP contribution >= 0.6 is 0 Å². The summed E-state index contributed by atoms with van der Waals surface area (Å²) in [4.78, 5) is 29.9. The molecular formula is C29H34N2O4. The van der Waals surface area contributed by atoms with Crippen molar-refractivity contribution < 1.29 is 18.7 Å². The summed E-state index contributed by atoms with van der Waals surface area (Å²) >= 11 is 0. The summed E-state index contributed by atoms with van der Waals surface area (Å²) in [6.07, 6.45) is 3.96. The number of rotatable bonds is 13. The predicted octanol–water partition coefficient (Wildman–Crippen LogP) is 5.09. The average Bonchev–Trinajstić information content (AvgIpc) is 3.29. The van der Waals surface area contributed by atoms with Crippen molar-refractivity contribution in [1.82, 2.24) is 9.80 Å². The zero-order valence-electron chi connectivity index (χ0n) is 20.6. The van der Waals surface area contributed by atoms with Gasteiger partial charge >= 0.3 is 0 Å². The van der Waals surface area contributed by atoms with Gasteiger partial charge in [0.05, 0.1) is 6.54 Å². The highest BCUT2D eigenvalue weighted by Crippen LogP contribution is 2.14. The highest BCUT2D eigenvalue weighted by atomic mass is 16.5. The molecule has 1 aromatic heterocycles. The molecule has 6 heteroatoms. The second-order valence-corrected chi connectivity index (χ2v) is 8.30. The molecule has 184 valence electrons. The third-order valence-electron chi connectivity index (χ3n) is 5.49. The number of carbonyl (C=O) groups excluding carboxylic acids is 2. The monoisotopic (exact) mass is 474 g/mol. The minimum absolute atomic E-state index is 0.0172. The summed E-state index contributed by atoms with van der Waals surface area (Å²) < 4.78 is 11.2. The average molecular weight is 475 g/mol. The molecule has 0 spiro atoms. The maximum absolute atomic E-state index is 13.5. The fraction of sp³-hybridized carbons (Fsp3) is 0.310. The molecule has 2 aromatic carbocycles. The van der Waals surface area contributed by atoms with Gasteiger partial charge in [0.25, 0.3) is 0 Å². The smallest absolute Gasteiger partial charge is 0.247 e. The van der Waals surface area contributed by atoms with Gasteiger partial charge in [0, 0.05) is 32.4 Å². The van der Waals surface area contributed by atoms with E-state index < -0.39 is 0 Å². The Morgan fingerprint density at radius 2 is 1.63 bits per heavy atom. The normalized spacial score (nSPS) is 11.0. The van der Waals surface area contributed by atoms with Gasteiger partial charge in [-0.2, -0.15) is 0 Å². The Labute approximate surface area is 207 Å². The molecule has 0 unspecified atom stereocenters. The van der Waals surface area contributed by atoms with Crippen molar-refractivity contribution in [3.63, 3.8) is 0 Å². The molecule has 0 aliphatic carbocycles. The lowest BCUT2D eigenvalue weighted by atomic mass is 10.2. The van der Waals surface area contributed by atoms with Crippen LogP contribution in [0.4, 0.5) is 0 Å².